The minimum Gasteiger partial charge on any atom is -0.506 e. The van der Waals surface area contributed by atoms with Crippen molar-refractivity contribution < 1.29 is 9.90 Å². The Bertz CT molecular complexity index is 1550. The van der Waals surface area contributed by atoms with E-state index in [0.29, 0.717) is 23.0 Å². The summed E-state index contributed by atoms with van der Waals surface area (Å²) in [7, 11) is 0. The molecule has 0 unspecified atom stereocenters. The monoisotopic (exact) mass is 488 g/mol. The van der Waals surface area contributed by atoms with Crippen molar-refractivity contribution in [3.8, 4) is 11.1 Å². The maximum Gasteiger partial charge on any atom is 0.201 e. The molecule has 0 fully saturated rings. The van der Waals surface area contributed by atoms with Crippen molar-refractivity contribution in [2.24, 2.45) is 5.92 Å². The topological polar surface area (TPSA) is 37.3 Å². The largest absolute Gasteiger partial charge is 0.506 e. The molecule has 0 spiro atoms. The Balaban J connectivity index is 1.70. The number of carbonyl (C=O) groups is 1. The number of aliphatic hydroxyl groups is 1. The highest BCUT2D eigenvalue weighted by atomic mass is 16.3. The van der Waals surface area contributed by atoms with Crippen molar-refractivity contribution in [2.75, 3.05) is 0 Å². The van der Waals surface area contributed by atoms with E-state index < -0.39 is 0 Å². The van der Waals surface area contributed by atoms with Crippen LogP contribution >= 0.6 is 0 Å². The standard InChI is InChI=1S/C35H36O2/c1-18(2)24-11-9-10-20(5)30-26(16-24)22(7)14-28(30)32-34(36)33(35(32)37)29-15-23(8)27-17-25(19(3)4)13-12-21(6)31(27)29/h9-19,36H,1-8H3/b10-9?,11-9-,20-10-,24-11?,24-16+,26-16?,30-20?,32-28-. The molecule has 0 saturated heterocycles. The number of rotatable bonds is 3. The predicted molar refractivity (Wildman–Crippen MR) is 155 cm³/mol. The fraction of sp³-hybridized carbons (Fsp3) is 0.286. The van der Waals surface area contributed by atoms with Gasteiger partial charge in [0.1, 0.15) is 5.76 Å². The molecule has 0 aromatic carbocycles. The second-order valence-electron chi connectivity index (χ2n) is 11.3. The fourth-order valence-electron chi connectivity index (χ4n) is 5.77. The Morgan fingerprint density at radius 2 is 1.46 bits per heavy atom. The third-order valence-corrected chi connectivity index (χ3v) is 8.02. The number of fused-ring (bicyclic) bond motifs is 1. The van der Waals surface area contributed by atoms with Gasteiger partial charge >= 0.3 is 0 Å². The lowest BCUT2D eigenvalue weighted by Crippen LogP contribution is -2.23. The van der Waals surface area contributed by atoms with Crippen LogP contribution < -0.4 is 0 Å². The van der Waals surface area contributed by atoms with Gasteiger partial charge in [-0.2, -0.15) is 0 Å². The molecular formula is C35H36O2. The Morgan fingerprint density at radius 3 is 2.11 bits per heavy atom. The van der Waals surface area contributed by atoms with Crippen LogP contribution in [0.4, 0.5) is 0 Å². The van der Waals surface area contributed by atoms with Crippen LogP contribution in [0.15, 0.2) is 99.4 Å². The molecule has 0 saturated carbocycles. The minimum absolute atomic E-state index is 0.0781. The van der Waals surface area contributed by atoms with Gasteiger partial charge in [-0.25, -0.2) is 0 Å². The molecule has 5 aliphatic rings. The van der Waals surface area contributed by atoms with Crippen LogP contribution in [-0.4, -0.2) is 10.9 Å². The molecule has 0 atom stereocenters. The highest BCUT2D eigenvalue weighted by Crippen LogP contribution is 2.49. The second kappa shape index (κ2) is 9.03. The van der Waals surface area contributed by atoms with Crippen molar-refractivity contribution in [3.63, 3.8) is 0 Å². The maximum atomic E-state index is 13.8. The molecule has 0 heterocycles. The molecule has 2 nitrogen and oxygen atoms in total. The Morgan fingerprint density at radius 1 is 0.730 bits per heavy atom. The van der Waals surface area contributed by atoms with E-state index in [0.717, 1.165) is 55.7 Å². The number of Topliss-reactive ketones (excluding diaryl/α,β-unsaturated/α-hetero) is 1. The van der Waals surface area contributed by atoms with Gasteiger partial charge in [-0.05, 0) is 118 Å². The number of aryl methyl sites for hydroxylation is 2. The Hall–Kier alpha value is -3.65. The Labute approximate surface area is 221 Å². The first-order valence-corrected chi connectivity index (χ1v) is 13.3. The number of aliphatic hydroxyl groups excluding tert-OH is 1. The van der Waals surface area contributed by atoms with Gasteiger partial charge in [0.2, 0.25) is 5.78 Å². The van der Waals surface area contributed by atoms with Crippen LogP contribution in [0.5, 0.6) is 0 Å². The average molecular weight is 489 g/mol. The zero-order valence-corrected chi connectivity index (χ0v) is 23.2. The molecule has 0 aromatic rings. The van der Waals surface area contributed by atoms with E-state index in [4.69, 9.17) is 0 Å². The molecule has 0 radical (unpaired) electrons. The third kappa shape index (κ3) is 3.91. The number of hydrogen-bond acceptors (Lipinski definition) is 2. The van der Waals surface area contributed by atoms with E-state index in [1.165, 1.54) is 11.1 Å². The van der Waals surface area contributed by atoms with E-state index in [-0.39, 0.29) is 11.5 Å². The molecular weight excluding hydrogens is 452 g/mol. The molecule has 0 aliphatic heterocycles. The number of carbonyl (C=O) groups excluding carboxylic acids is 1. The molecule has 188 valence electrons. The van der Waals surface area contributed by atoms with Crippen LogP contribution in [0.25, 0.3) is 16.7 Å². The van der Waals surface area contributed by atoms with Crippen molar-refractivity contribution >= 4 is 11.4 Å². The van der Waals surface area contributed by atoms with Crippen LogP contribution in [0.2, 0.25) is 0 Å². The highest BCUT2D eigenvalue weighted by Gasteiger charge is 2.41. The zero-order chi connectivity index (χ0) is 26.8. The van der Waals surface area contributed by atoms with Gasteiger partial charge < -0.3 is 5.11 Å². The van der Waals surface area contributed by atoms with Gasteiger partial charge in [0, 0.05) is 0 Å². The summed E-state index contributed by atoms with van der Waals surface area (Å²) in [5, 5.41) is 11.4. The molecule has 5 rings (SSSR count). The van der Waals surface area contributed by atoms with E-state index in [9.17, 15) is 9.90 Å². The molecule has 37 heavy (non-hydrogen) atoms. The van der Waals surface area contributed by atoms with Gasteiger partial charge in [-0.3, -0.25) is 4.79 Å². The zero-order valence-electron chi connectivity index (χ0n) is 23.2. The fourth-order valence-corrected chi connectivity index (χ4v) is 5.77. The van der Waals surface area contributed by atoms with Crippen LogP contribution in [0.3, 0.4) is 0 Å². The number of allylic oxidation sites excluding steroid dienone is 13. The smallest absolute Gasteiger partial charge is 0.201 e. The summed E-state index contributed by atoms with van der Waals surface area (Å²) in [5.41, 5.74) is 13.9. The lowest BCUT2D eigenvalue weighted by Gasteiger charge is -2.25. The van der Waals surface area contributed by atoms with Gasteiger partial charge in [-0.15, -0.1) is 0 Å². The first kappa shape index (κ1) is 25.0. The normalized spacial score (nSPS) is 23.5. The summed E-state index contributed by atoms with van der Waals surface area (Å²) in [6.07, 6.45) is 10.7. The summed E-state index contributed by atoms with van der Waals surface area (Å²) in [6.45, 7) is 17.1. The molecule has 0 bridgehead atoms. The maximum absolute atomic E-state index is 13.8. The first-order chi connectivity index (χ1) is 17.5. The average Bonchev–Trinajstić information content (AvgIpc) is 3.21. The molecule has 2 heteroatoms. The molecule has 1 N–H and O–H groups in total. The number of ketones is 1. The summed E-state index contributed by atoms with van der Waals surface area (Å²) >= 11 is 0. The van der Waals surface area contributed by atoms with E-state index in [2.05, 4.69) is 110 Å². The van der Waals surface area contributed by atoms with Gasteiger partial charge in [-0.1, -0.05) is 70.2 Å². The molecule has 0 aromatic heterocycles. The Kier molecular flexibility index (Phi) is 6.10. The van der Waals surface area contributed by atoms with Crippen molar-refractivity contribution in [1.82, 2.24) is 0 Å². The van der Waals surface area contributed by atoms with Gasteiger partial charge in [0.25, 0.3) is 0 Å². The van der Waals surface area contributed by atoms with E-state index >= 15 is 0 Å². The summed E-state index contributed by atoms with van der Waals surface area (Å²) in [5.74, 6) is 0.826. The number of hydrogen-bond donors (Lipinski definition) is 1. The lowest BCUT2D eigenvalue weighted by molar-refractivity contribution is -0.111. The quantitative estimate of drug-likeness (QED) is 0.438. The van der Waals surface area contributed by atoms with Crippen molar-refractivity contribution in [1.29, 1.82) is 0 Å². The first-order valence-electron chi connectivity index (χ1n) is 13.3. The summed E-state index contributed by atoms with van der Waals surface area (Å²) in [6, 6.07) is 8.61. The minimum atomic E-state index is -0.0781. The van der Waals surface area contributed by atoms with Crippen LogP contribution in [0, 0.1) is 19.8 Å². The predicted octanol–water partition coefficient (Wildman–Crippen LogP) is 9.04. The van der Waals surface area contributed by atoms with Crippen LogP contribution in [0.1, 0.15) is 69.7 Å². The third-order valence-electron chi connectivity index (χ3n) is 8.02. The lowest BCUT2D eigenvalue weighted by atomic mass is 9.78. The SMILES string of the molecule is CC1=C/C(=C2/C(=O)C(c3cc(C)c4cc(C(C)C)ccc(C)c3-4)=C2O)C2=C1\C=C(C(C)C)/C=C\C=C/2C. The summed E-state index contributed by atoms with van der Waals surface area (Å²) < 4.78 is 0. The second-order valence-corrected chi connectivity index (χ2v) is 11.3. The molecule has 5 aliphatic carbocycles. The van der Waals surface area contributed by atoms with Crippen molar-refractivity contribution in [2.45, 2.75) is 61.3 Å². The highest BCUT2D eigenvalue weighted by molar-refractivity contribution is 6.40. The van der Waals surface area contributed by atoms with Crippen molar-refractivity contribution in [3.05, 3.63) is 122 Å². The molecule has 0 amide bonds. The van der Waals surface area contributed by atoms with E-state index in [1.54, 1.807) is 0 Å². The van der Waals surface area contributed by atoms with Gasteiger partial charge in [0.15, 0.2) is 0 Å². The van der Waals surface area contributed by atoms with Crippen LogP contribution in [-0.2, 0) is 4.79 Å². The summed E-state index contributed by atoms with van der Waals surface area (Å²) in [4.78, 5) is 13.8. The van der Waals surface area contributed by atoms with Gasteiger partial charge in [0.05, 0.1) is 11.1 Å². The van der Waals surface area contributed by atoms with E-state index in [1.807, 2.05) is 0 Å².